The van der Waals surface area contributed by atoms with E-state index < -0.39 is 5.97 Å². The lowest BCUT2D eigenvalue weighted by molar-refractivity contribution is -0.145. The Morgan fingerprint density at radius 1 is 1.13 bits per heavy atom. The molecule has 1 atom stereocenters. The Hall–Kier alpha value is -2.76. The maximum absolute atomic E-state index is 12.4. The maximum Gasteiger partial charge on any atom is 0.331 e. The highest BCUT2D eigenvalue weighted by molar-refractivity contribution is 5.89. The molecule has 6 nitrogen and oxygen atoms in total. The summed E-state index contributed by atoms with van der Waals surface area (Å²) < 4.78 is 5.15. The summed E-state index contributed by atoms with van der Waals surface area (Å²) in [5.41, 5.74) is 2.36. The minimum Gasteiger partial charge on any atom is -0.452 e. The lowest BCUT2D eigenvalue weighted by Crippen LogP contribution is -2.56. The fraction of sp³-hybridized carbons (Fsp3) is 0.520. The van der Waals surface area contributed by atoms with Crippen molar-refractivity contribution in [2.24, 2.45) is 23.2 Å². The van der Waals surface area contributed by atoms with Crippen LogP contribution in [0.3, 0.4) is 0 Å². The molecule has 0 aliphatic heterocycles. The van der Waals surface area contributed by atoms with E-state index >= 15 is 0 Å². The van der Waals surface area contributed by atoms with Gasteiger partial charge in [0.05, 0.1) is 22.9 Å². The first-order chi connectivity index (χ1) is 15.0. The van der Waals surface area contributed by atoms with E-state index in [9.17, 15) is 9.59 Å². The van der Waals surface area contributed by atoms with E-state index in [1.165, 1.54) is 44.6 Å². The van der Waals surface area contributed by atoms with Gasteiger partial charge in [-0.2, -0.15) is 0 Å². The van der Waals surface area contributed by atoms with Crippen molar-refractivity contribution < 1.29 is 14.3 Å². The van der Waals surface area contributed by atoms with Gasteiger partial charge in [-0.1, -0.05) is 12.1 Å². The number of nitrogens with one attached hydrogen (secondary N) is 1. The number of fused-ring (bicyclic) bond motifs is 1. The van der Waals surface area contributed by atoms with Crippen LogP contribution in [0.25, 0.3) is 17.1 Å². The number of aromatic nitrogens is 2. The molecule has 6 rings (SSSR count). The van der Waals surface area contributed by atoms with Gasteiger partial charge in [0.25, 0.3) is 5.91 Å². The van der Waals surface area contributed by atoms with E-state index in [0.29, 0.717) is 5.69 Å². The number of benzene rings is 1. The molecule has 2 aromatic rings. The Bertz CT molecular complexity index is 996. The number of rotatable bonds is 6. The third-order valence-electron chi connectivity index (χ3n) is 7.58. The molecule has 4 aliphatic rings. The van der Waals surface area contributed by atoms with Crippen molar-refractivity contribution in [2.45, 2.75) is 51.5 Å². The molecule has 0 unspecified atom stereocenters. The molecule has 1 heterocycles. The second kappa shape index (κ2) is 8.06. The SMILES string of the molecule is C[C@H](NC(=O)COC(=O)/C=C/c1cnc2ccccc2n1)C12CC3CC(CC(C3)C1)C2. The highest BCUT2D eigenvalue weighted by Gasteiger charge is 2.53. The first kappa shape index (κ1) is 20.2. The lowest BCUT2D eigenvalue weighted by Gasteiger charge is -2.59. The van der Waals surface area contributed by atoms with Crippen molar-refractivity contribution in [3.05, 3.63) is 42.2 Å². The Morgan fingerprint density at radius 2 is 1.77 bits per heavy atom. The average Bonchev–Trinajstić information content (AvgIpc) is 2.75. The molecule has 1 aromatic carbocycles. The molecule has 0 radical (unpaired) electrons. The third kappa shape index (κ3) is 4.21. The highest BCUT2D eigenvalue weighted by atomic mass is 16.5. The Balaban J connectivity index is 1.12. The molecule has 6 heteroatoms. The summed E-state index contributed by atoms with van der Waals surface area (Å²) in [6.45, 7) is 1.87. The zero-order valence-corrected chi connectivity index (χ0v) is 17.9. The minimum atomic E-state index is -0.562. The molecule has 1 N–H and O–H groups in total. The summed E-state index contributed by atoms with van der Waals surface area (Å²) in [6, 6.07) is 7.66. The van der Waals surface area contributed by atoms with Crippen LogP contribution >= 0.6 is 0 Å². The highest BCUT2D eigenvalue weighted by Crippen LogP contribution is 2.61. The quantitative estimate of drug-likeness (QED) is 0.567. The number of hydrogen-bond acceptors (Lipinski definition) is 5. The van der Waals surface area contributed by atoms with Crippen molar-refractivity contribution in [1.29, 1.82) is 0 Å². The Morgan fingerprint density at radius 3 is 2.45 bits per heavy atom. The van der Waals surface area contributed by atoms with Crippen LogP contribution < -0.4 is 5.32 Å². The van der Waals surface area contributed by atoms with Crippen molar-refractivity contribution in [3.8, 4) is 0 Å². The maximum atomic E-state index is 12.4. The summed E-state index contributed by atoms with van der Waals surface area (Å²) in [5, 5.41) is 3.12. The zero-order chi connectivity index (χ0) is 21.4. The normalized spacial score (nSPS) is 29.9. The van der Waals surface area contributed by atoms with Gasteiger partial charge in [0.15, 0.2) is 6.61 Å². The molecule has 1 aromatic heterocycles. The number of nitrogens with zero attached hydrogens (tertiary/aromatic N) is 2. The van der Waals surface area contributed by atoms with Gasteiger partial charge in [-0.15, -0.1) is 0 Å². The van der Waals surface area contributed by atoms with Crippen LogP contribution in [0.5, 0.6) is 0 Å². The largest absolute Gasteiger partial charge is 0.452 e. The second-order valence-electron chi connectivity index (χ2n) is 9.79. The minimum absolute atomic E-state index is 0.121. The van der Waals surface area contributed by atoms with Gasteiger partial charge in [0.1, 0.15) is 0 Å². The molecular weight excluding hydrogens is 390 g/mol. The number of esters is 1. The molecule has 1 amide bonds. The van der Waals surface area contributed by atoms with E-state index in [0.717, 1.165) is 28.8 Å². The standard InChI is InChI=1S/C25H29N3O3/c1-16(25-11-17-8-18(12-25)10-19(9-17)13-25)27-23(29)15-31-24(30)7-6-20-14-26-21-4-2-3-5-22(21)28-20/h2-7,14,16-19H,8-13,15H2,1H3,(H,27,29)/b7-6+/t16-,17?,18?,19?,25?/m0/s1. The van der Waals surface area contributed by atoms with Crippen LogP contribution in [0.2, 0.25) is 0 Å². The van der Waals surface area contributed by atoms with Gasteiger partial charge in [-0.05, 0) is 86.8 Å². The first-order valence-corrected chi connectivity index (χ1v) is 11.3. The monoisotopic (exact) mass is 419 g/mol. The molecule has 4 saturated carbocycles. The van der Waals surface area contributed by atoms with Gasteiger partial charge < -0.3 is 10.1 Å². The summed E-state index contributed by atoms with van der Waals surface area (Å²) in [7, 11) is 0. The predicted molar refractivity (Wildman–Crippen MR) is 118 cm³/mol. The van der Waals surface area contributed by atoms with E-state index in [1.54, 1.807) is 12.3 Å². The Kier molecular flexibility index (Phi) is 5.24. The number of ether oxygens (including phenoxy) is 1. The zero-order valence-electron chi connectivity index (χ0n) is 17.9. The fourth-order valence-corrected chi connectivity index (χ4v) is 6.53. The van der Waals surface area contributed by atoms with Crippen molar-refractivity contribution in [2.75, 3.05) is 6.61 Å². The molecule has 4 fully saturated rings. The summed E-state index contributed by atoms with van der Waals surface area (Å²) in [5.74, 6) is 1.73. The van der Waals surface area contributed by atoms with Gasteiger partial charge in [-0.3, -0.25) is 9.78 Å². The summed E-state index contributed by atoms with van der Waals surface area (Å²) in [4.78, 5) is 33.2. The number of amides is 1. The van der Waals surface area contributed by atoms with Crippen LogP contribution in [0.4, 0.5) is 0 Å². The van der Waals surface area contributed by atoms with E-state index in [2.05, 4.69) is 22.2 Å². The molecule has 4 bridgehead atoms. The van der Waals surface area contributed by atoms with Gasteiger partial charge in [0, 0.05) is 12.1 Å². The number of carbonyl (C=O) groups excluding carboxylic acids is 2. The molecule has 162 valence electrons. The molecule has 31 heavy (non-hydrogen) atoms. The van der Waals surface area contributed by atoms with Crippen molar-refractivity contribution in [1.82, 2.24) is 15.3 Å². The van der Waals surface area contributed by atoms with Crippen LogP contribution in [0.1, 0.15) is 51.1 Å². The third-order valence-corrected chi connectivity index (χ3v) is 7.58. The average molecular weight is 420 g/mol. The number of hydrogen-bond donors (Lipinski definition) is 1. The number of para-hydroxylation sites is 2. The van der Waals surface area contributed by atoms with Crippen LogP contribution in [-0.4, -0.2) is 34.5 Å². The van der Waals surface area contributed by atoms with Gasteiger partial charge in [0.2, 0.25) is 0 Å². The Labute approximate surface area is 182 Å². The van der Waals surface area contributed by atoms with Crippen molar-refractivity contribution >= 4 is 29.0 Å². The van der Waals surface area contributed by atoms with Crippen LogP contribution in [-0.2, 0) is 14.3 Å². The van der Waals surface area contributed by atoms with E-state index in [4.69, 9.17) is 4.74 Å². The molecule has 0 saturated heterocycles. The lowest BCUT2D eigenvalue weighted by atomic mass is 9.48. The summed E-state index contributed by atoms with van der Waals surface area (Å²) >= 11 is 0. The smallest absolute Gasteiger partial charge is 0.331 e. The fourth-order valence-electron chi connectivity index (χ4n) is 6.53. The van der Waals surface area contributed by atoms with Gasteiger partial charge in [-0.25, -0.2) is 9.78 Å². The van der Waals surface area contributed by atoms with Crippen molar-refractivity contribution in [3.63, 3.8) is 0 Å². The van der Waals surface area contributed by atoms with Gasteiger partial charge >= 0.3 is 5.97 Å². The van der Waals surface area contributed by atoms with E-state index in [-0.39, 0.29) is 24.0 Å². The first-order valence-electron chi connectivity index (χ1n) is 11.3. The molecule has 4 aliphatic carbocycles. The summed E-state index contributed by atoms with van der Waals surface area (Å²) in [6.07, 6.45) is 12.3. The number of carbonyl (C=O) groups is 2. The molecular formula is C25H29N3O3. The van der Waals surface area contributed by atoms with E-state index in [1.807, 2.05) is 24.3 Å². The topological polar surface area (TPSA) is 81.2 Å². The predicted octanol–water partition coefficient (Wildman–Crippen LogP) is 3.91. The second-order valence-corrected chi connectivity index (χ2v) is 9.79. The molecule has 0 spiro atoms. The van der Waals surface area contributed by atoms with Crippen LogP contribution in [0, 0.1) is 23.2 Å². The van der Waals surface area contributed by atoms with Crippen LogP contribution in [0.15, 0.2) is 36.5 Å².